The predicted molar refractivity (Wildman–Crippen MR) is 92.2 cm³/mol. The molecule has 2 aromatic rings. The summed E-state index contributed by atoms with van der Waals surface area (Å²) in [4.78, 5) is 24.6. The number of anilines is 2. The van der Waals surface area contributed by atoms with Crippen molar-refractivity contribution >= 4 is 17.5 Å². The van der Waals surface area contributed by atoms with Gasteiger partial charge in [0.15, 0.2) is 18.2 Å². The average Bonchev–Trinajstić information content (AvgIpc) is 2.62. The number of piperazine rings is 1. The van der Waals surface area contributed by atoms with Crippen LogP contribution in [-0.2, 0) is 4.79 Å². The highest BCUT2D eigenvalue weighted by Gasteiger charge is 2.16. The molecule has 1 aliphatic rings. The molecule has 1 aromatic carbocycles. The lowest BCUT2D eigenvalue weighted by atomic mass is 10.3. The van der Waals surface area contributed by atoms with Crippen LogP contribution in [0.4, 0.5) is 20.4 Å². The molecule has 0 bridgehead atoms. The predicted octanol–water partition coefficient (Wildman–Crippen LogP) is 1.52. The van der Waals surface area contributed by atoms with E-state index in [-0.39, 0.29) is 5.75 Å². The summed E-state index contributed by atoms with van der Waals surface area (Å²) in [5.74, 6) is -1.20. The molecule has 1 fully saturated rings. The molecule has 1 amide bonds. The van der Waals surface area contributed by atoms with Crippen LogP contribution in [0.5, 0.6) is 5.75 Å². The van der Waals surface area contributed by atoms with Gasteiger partial charge in [0.2, 0.25) is 0 Å². The monoisotopic (exact) mass is 363 g/mol. The number of ether oxygens (including phenoxy) is 1. The Morgan fingerprint density at radius 2 is 1.96 bits per heavy atom. The van der Waals surface area contributed by atoms with Gasteiger partial charge in [-0.1, -0.05) is 0 Å². The molecular weight excluding hydrogens is 344 g/mol. The Balaban J connectivity index is 1.56. The number of benzene rings is 1. The molecule has 3 rings (SSSR count). The summed E-state index contributed by atoms with van der Waals surface area (Å²) in [5.41, 5.74) is 0. The molecule has 0 aliphatic carbocycles. The van der Waals surface area contributed by atoms with Crippen molar-refractivity contribution in [2.75, 3.05) is 50.1 Å². The highest BCUT2D eigenvalue weighted by atomic mass is 19.1. The highest BCUT2D eigenvalue weighted by molar-refractivity contribution is 5.91. The van der Waals surface area contributed by atoms with E-state index in [0.29, 0.717) is 11.9 Å². The number of nitrogens with one attached hydrogen (secondary N) is 1. The first kappa shape index (κ1) is 18.0. The first-order chi connectivity index (χ1) is 12.5. The van der Waals surface area contributed by atoms with Crippen molar-refractivity contribution < 1.29 is 18.3 Å². The summed E-state index contributed by atoms with van der Waals surface area (Å²) in [6.07, 6.45) is 1.38. The molecule has 9 heteroatoms. The number of hydrogen-bond donors (Lipinski definition) is 1. The van der Waals surface area contributed by atoms with E-state index in [9.17, 15) is 13.6 Å². The van der Waals surface area contributed by atoms with Crippen molar-refractivity contribution in [2.24, 2.45) is 0 Å². The van der Waals surface area contributed by atoms with Crippen LogP contribution in [0, 0.1) is 11.6 Å². The molecule has 0 spiro atoms. The van der Waals surface area contributed by atoms with E-state index in [0.717, 1.165) is 44.1 Å². The zero-order valence-corrected chi connectivity index (χ0v) is 14.3. The Bertz CT molecular complexity index is 781. The topological polar surface area (TPSA) is 70.6 Å². The fraction of sp³-hybridized carbons (Fsp3) is 0.353. The van der Waals surface area contributed by atoms with Crippen LogP contribution in [-0.4, -0.2) is 60.6 Å². The maximum Gasteiger partial charge on any atom is 0.263 e. The van der Waals surface area contributed by atoms with Gasteiger partial charge in [0, 0.05) is 38.3 Å². The third-order valence-electron chi connectivity index (χ3n) is 4.00. The van der Waals surface area contributed by atoms with Crippen molar-refractivity contribution in [1.82, 2.24) is 14.9 Å². The van der Waals surface area contributed by atoms with Gasteiger partial charge in [-0.2, -0.15) is 0 Å². The number of likely N-dealkylation sites (N-methyl/N-ethyl adjacent to an activating group) is 1. The summed E-state index contributed by atoms with van der Waals surface area (Å²) in [5, 5.41) is 2.58. The van der Waals surface area contributed by atoms with E-state index < -0.39 is 24.1 Å². The quantitative estimate of drug-likeness (QED) is 0.869. The van der Waals surface area contributed by atoms with Crippen LogP contribution in [0.25, 0.3) is 0 Å². The summed E-state index contributed by atoms with van der Waals surface area (Å²) in [7, 11) is 2.06. The molecule has 0 radical (unpaired) electrons. The van der Waals surface area contributed by atoms with Gasteiger partial charge in [-0.3, -0.25) is 4.79 Å². The Kier molecular flexibility index (Phi) is 5.57. The van der Waals surface area contributed by atoms with Gasteiger partial charge >= 0.3 is 0 Å². The smallest absolute Gasteiger partial charge is 0.263 e. The maximum atomic E-state index is 13.5. The second-order valence-electron chi connectivity index (χ2n) is 5.96. The second kappa shape index (κ2) is 8.05. The van der Waals surface area contributed by atoms with Crippen LogP contribution in [0.15, 0.2) is 30.6 Å². The Morgan fingerprint density at radius 3 is 2.69 bits per heavy atom. The maximum absolute atomic E-state index is 13.5. The van der Waals surface area contributed by atoms with Gasteiger partial charge < -0.3 is 19.9 Å². The number of rotatable bonds is 5. The lowest BCUT2D eigenvalue weighted by molar-refractivity contribution is -0.118. The summed E-state index contributed by atoms with van der Waals surface area (Å²) >= 11 is 0. The summed E-state index contributed by atoms with van der Waals surface area (Å²) in [6.45, 7) is 3.13. The summed E-state index contributed by atoms with van der Waals surface area (Å²) in [6, 6.07) is 4.57. The minimum absolute atomic E-state index is 0.192. The third-order valence-corrected chi connectivity index (χ3v) is 4.00. The number of hydrogen-bond acceptors (Lipinski definition) is 6. The van der Waals surface area contributed by atoms with Crippen molar-refractivity contribution in [1.29, 1.82) is 0 Å². The number of aromatic nitrogens is 2. The van der Waals surface area contributed by atoms with E-state index in [4.69, 9.17) is 4.74 Å². The normalized spacial score (nSPS) is 15.0. The van der Waals surface area contributed by atoms with E-state index in [1.807, 2.05) is 0 Å². The number of carbonyl (C=O) groups excluding carboxylic acids is 1. The van der Waals surface area contributed by atoms with E-state index in [2.05, 4.69) is 32.1 Å². The number of carbonyl (C=O) groups is 1. The molecule has 0 saturated carbocycles. The molecule has 26 heavy (non-hydrogen) atoms. The lowest BCUT2D eigenvalue weighted by Gasteiger charge is -2.33. The molecule has 1 N–H and O–H groups in total. The van der Waals surface area contributed by atoms with Gasteiger partial charge in [0.1, 0.15) is 23.8 Å². The summed E-state index contributed by atoms with van der Waals surface area (Å²) < 4.78 is 31.4. The van der Waals surface area contributed by atoms with Gasteiger partial charge in [-0.15, -0.1) is 0 Å². The van der Waals surface area contributed by atoms with Crippen LogP contribution in [0.3, 0.4) is 0 Å². The third kappa shape index (κ3) is 4.63. The Labute approximate surface area is 149 Å². The fourth-order valence-corrected chi connectivity index (χ4v) is 2.54. The zero-order chi connectivity index (χ0) is 18.5. The SMILES string of the molecule is CN1CCN(c2cc(NC(=O)COc3ccc(F)cc3F)ncn2)CC1. The number of amides is 1. The van der Waals surface area contributed by atoms with Gasteiger partial charge in [-0.25, -0.2) is 18.7 Å². The van der Waals surface area contributed by atoms with Gasteiger partial charge in [0.05, 0.1) is 0 Å². The minimum Gasteiger partial charge on any atom is -0.481 e. The fourth-order valence-electron chi connectivity index (χ4n) is 2.54. The van der Waals surface area contributed by atoms with E-state index >= 15 is 0 Å². The van der Waals surface area contributed by atoms with Crippen molar-refractivity contribution in [3.8, 4) is 5.75 Å². The first-order valence-corrected chi connectivity index (χ1v) is 8.14. The minimum atomic E-state index is -0.864. The zero-order valence-electron chi connectivity index (χ0n) is 14.3. The largest absolute Gasteiger partial charge is 0.481 e. The van der Waals surface area contributed by atoms with Crippen LogP contribution in [0.2, 0.25) is 0 Å². The van der Waals surface area contributed by atoms with Crippen molar-refractivity contribution in [3.63, 3.8) is 0 Å². The molecule has 1 saturated heterocycles. The molecule has 7 nitrogen and oxygen atoms in total. The standard InChI is InChI=1S/C17H19F2N5O2/c1-23-4-6-24(7-5-23)16-9-15(20-11-21-16)22-17(25)10-26-14-3-2-12(18)8-13(14)19/h2-3,8-9,11H,4-7,10H2,1H3,(H,20,21,22,25). The van der Waals surface area contributed by atoms with Crippen LogP contribution < -0.4 is 15.0 Å². The molecular formula is C17H19F2N5O2. The average molecular weight is 363 g/mol. The van der Waals surface area contributed by atoms with E-state index in [1.165, 1.54) is 6.33 Å². The van der Waals surface area contributed by atoms with Crippen molar-refractivity contribution in [2.45, 2.75) is 0 Å². The molecule has 0 atom stereocenters. The van der Waals surface area contributed by atoms with E-state index in [1.54, 1.807) is 6.07 Å². The molecule has 138 valence electrons. The van der Waals surface area contributed by atoms with Gasteiger partial charge in [0.25, 0.3) is 5.91 Å². The Hall–Kier alpha value is -2.81. The highest BCUT2D eigenvalue weighted by Crippen LogP contribution is 2.18. The lowest BCUT2D eigenvalue weighted by Crippen LogP contribution is -2.44. The number of nitrogens with zero attached hydrogens (tertiary/aromatic N) is 4. The number of halogens is 2. The van der Waals surface area contributed by atoms with Gasteiger partial charge in [-0.05, 0) is 19.2 Å². The van der Waals surface area contributed by atoms with Crippen LogP contribution >= 0.6 is 0 Å². The molecule has 1 aliphatic heterocycles. The molecule has 0 unspecified atom stereocenters. The molecule has 2 heterocycles. The molecule has 1 aromatic heterocycles. The first-order valence-electron chi connectivity index (χ1n) is 8.14. The van der Waals surface area contributed by atoms with Crippen LogP contribution in [0.1, 0.15) is 0 Å². The Morgan fingerprint density at radius 1 is 1.19 bits per heavy atom. The van der Waals surface area contributed by atoms with Crippen molar-refractivity contribution in [3.05, 3.63) is 42.2 Å². The second-order valence-corrected chi connectivity index (χ2v) is 5.96.